The van der Waals surface area contributed by atoms with Crippen LogP contribution in [0.1, 0.15) is 58.4 Å². The van der Waals surface area contributed by atoms with E-state index in [0.717, 1.165) is 23.7 Å². The zero-order chi connectivity index (χ0) is 16.7. The standard InChI is InChI=1S/C12H14N2O.3C2H6/c1-9-10(2)15-14-12(9)13-8-11-6-4-3-5-7-11;3*1-2/h3-7H,8H2,1-2H3,(H,13,14);3*1-2H3. The first-order valence-corrected chi connectivity index (χ1v) is 7.98. The summed E-state index contributed by atoms with van der Waals surface area (Å²) < 4.78 is 5.07. The van der Waals surface area contributed by atoms with Gasteiger partial charge in [-0.25, -0.2) is 0 Å². The van der Waals surface area contributed by atoms with Crippen molar-refractivity contribution >= 4 is 5.82 Å². The maximum absolute atomic E-state index is 5.07. The van der Waals surface area contributed by atoms with Gasteiger partial charge >= 0.3 is 0 Å². The van der Waals surface area contributed by atoms with Crippen molar-refractivity contribution in [2.45, 2.75) is 61.9 Å². The van der Waals surface area contributed by atoms with Crippen LogP contribution in [0, 0.1) is 13.8 Å². The van der Waals surface area contributed by atoms with E-state index in [1.165, 1.54) is 5.56 Å². The zero-order valence-electron chi connectivity index (χ0n) is 14.9. The van der Waals surface area contributed by atoms with Gasteiger partial charge in [-0.05, 0) is 19.4 Å². The lowest BCUT2D eigenvalue weighted by Crippen LogP contribution is -2.00. The number of rotatable bonds is 3. The Hall–Kier alpha value is -1.77. The van der Waals surface area contributed by atoms with Crippen LogP contribution >= 0.6 is 0 Å². The highest BCUT2D eigenvalue weighted by atomic mass is 16.5. The smallest absolute Gasteiger partial charge is 0.172 e. The molecule has 0 spiro atoms. The third kappa shape index (κ3) is 8.18. The molecule has 0 saturated heterocycles. The normalized spacial score (nSPS) is 8.19. The van der Waals surface area contributed by atoms with E-state index in [1.54, 1.807) is 0 Å². The van der Waals surface area contributed by atoms with E-state index < -0.39 is 0 Å². The first kappa shape index (κ1) is 21.5. The molecule has 1 aromatic heterocycles. The van der Waals surface area contributed by atoms with Crippen LogP contribution in [0.15, 0.2) is 34.9 Å². The molecule has 1 aromatic carbocycles. The number of hydrogen-bond acceptors (Lipinski definition) is 3. The summed E-state index contributed by atoms with van der Waals surface area (Å²) in [6, 6.07) is 10.2. The Labute approximate surface area is 130 Å². The third-order valence-corrected chi connectivity index (χ3v) is 2.46. The Morgan fingerprint density at radius 3 is 1.86 bits per heavy atom. The fourth-order valence-electron chi connectivity index (χ4n) is 1.36. The van der Waals surface area contributed by atoms with Gasteiger partial charge < -0.3 is 9.84 Å². The summed E-state index contributed by atoms with van der Waals surface area (Å²) in [4.78, 5) is 0. The molecule has 0 aliphatic carbocycles. The lowest BCUT2D eigenvalue weighted by molar-refractivity contribution is 0.398. The minimum atomic E-state index is 0.771. The molecule has 0 aliphatic rings. The molecule has 0 aliphatic heterocycles. The minimum Gasteiger partial charge on any atom is -0.363 e. The van der Waals surface area contributed by atoms with Crippen LogP contribution < -0.4 is 5.32 Å². The lowest BCUT2D eigenvalue weighted by Gasteiger charge is -2.02. The Balaban J connectivity index is 0. The molecule has 2 aromatic rings. The largest absolute Gasteiger partial charge is 0.363 e. The highest BCUT2D eigenvalue weighted by Crippen LogP contribution is 2.17. The van der Waals surface area contributed by atoms with E-state index in [0.29, 0.717) is 0 Å². The first-order chi connectivity index (χ1) is 10.3. The molecule has 0 atom stereocenters. The van der Waals surface area contributed by atoms with E-state index in [-0.39, 0.29) is 0 Å². The van der Waals surface area contributed by atoms with Gasteiger partial charge in [0.25, 0.3) is 0 Å². The van der Waals surface area contributed by atoms with Crippen molar-refractivity contribution in [3.63, 3.8) is 0 Å². The topological polar surface area (TPSA) is 38.1 Å². The van der Waals surface area contributed by atoms with Gasteiger partial charge in [-0.2, -0.15) is 0 Å². The molecule has 0 unspecified atom stereocenters. The Bertz CT molecular complexity index is 436. The summed E-state index contributed by atoms with van der Waals surface area (Å²) in [7, 11) is 0. The van der Waals surface area contributed by atoms with E-state index in [9.17, 15) is 0 Å². The second-order valence-electron chi connectivity index (χ2n) is 3.55. The monoisotopic (exact) mass is 292 g/mol. The fourth-order valence-corrected chi connectivity index (χ4v) is 1.36. The van der Waals surface area contributed by atoms with Crippen molar-refractivity contribution in [3.8, 4) is 0 Å². The lowest BCUT2D eigenvalue weighted by atomic mass is 10.2. The van der Waals surface area contributed by atoms with Crippen LogP contribution in [0.3, 0.4) is 0 Å². The van der Waals surface area contributed by atoms with Crippen molar-refractivity contribution in [3.05, 3.63) is 47.2 Å². The highest BCUT2D eigenvalue weighted by Gasteiger charge is 2.06. The number of nitrogens with one attached hydrogen (secondary N) is 1. The van der Waals surface area contributed by atoms with Gasteiger partial charge in [0.2, 0.25) is 0 Å². The number of benzene rings is 1. The number of nitrogens with zero attached hydrogens (tertiary/aromatic N) is 1. The number of aryl methyl sites for hydroxylation is 1. The van der Waals surface area contributed by atoms with Crippen LogP contribution in [0.5, 0.6) is 0 Å². The summed E-state index contributed by atoms with van der Waals surface area (Å²) in [5.41, 5.74) is 2.31. The molecule has 0 radical (unpaired) electrons. The van der Waals surface area contributed by atoms with Gasteiger partial charge in [-0.3, -0.25) is 0 Å². The molecule has 0 amide bonds. The van der Waals surface area contributed by atoms with Crippen molar-refractivity contribution in [1.82, 2.24) is 5.16 Å². The molecule has 1 heterocycles. The van der Waals surface area contributed by atoms with E-state index in [1.807, 2.05) is 73.6 Å². The van der Waals surface area contributed by atoms with E-state index in [4.69, 9.17) is 4.52 Å². The quantitative estimate of drug-likeness (QED) is 0.756. The predicted octanol–water partition coefficient (Wildman–Crippen LogP) is 5.98. The van der Waals surface area contributed by atoms with Gasteiger partial charge in [0.15, 0.2) is 5.82 Å². The first-order valence-electron chi connectivity index (χ1n) is 7.98. The van der Waals surface area contributed by atoms with Crippen LogP contribution in [-0.4, -0.2) is 5.16 Å². The van der Waals surface area contributed by atoms with Crippen molar-refractivity contribution in [1.29, 1.82) is 0 Å². The van der Waals surface area contributed by atoms with Crippen molar-refractivity contribution in [2.24, 2.45) is 0 Å². The number of hydrogen-bond donors (Lipinski definition) is 1. The van der Waals surface area contributed by atoms with Gasteiger partial charge in [0.05, 0.1) is 0 Å². The van der Waals surface area contributed by atoms with E-state index >= 15 is 0 Å². The van der Waals surface area contributed by atoms with Crippen LogP contribution in [0.25, 0.3) is 0 Å². The van der Waals surface area contributed by atoms with Gasteiger partial charge in [-0.15, -0.1) is 0 Å². The fraction of sp³-hybridized carbons (Fsp3) is 0.500. The minimum absolute atomic E-state index is 0.771. The Kier molecular flexibility index (Phi) is 15.0. The maximum Gasteiger partial charge on any atom is 0.172 e. The van der Waals surface area contributed by atoms with Crippen LogP contribution in [-0.2, 0) is 6.54 Å². The Morgan fingerprint density at radius 1 is 0.905 bits per heavy atom. The second kappa shape index (κ2) is 14.6. The predicted molar refractivity (Wildman–Crippen MR) is 93.8 cm³/mol. The van der Waals surface area contributed by atoms with Gasteiger partial charge in [0.1, 0.15) is 5.76 Å². The summed E-state index contributed by atoms with van der Waals surface area (Å²) in [6.07, 6.45) is 0. The average molecular weight is 292 g/mol. The SMILES string of the molecule is CC.CC.CC.Cc1onc(NCc2ccccc2)c1C. The van der Waals surface area contributed by atoms with Gasteiger partial charge in [0, 0.05) is 12.1 Å². The summed E-state index contributed by atoms with van der Waals surface area (Å²) >= 11 is 0. The van der Waals surface area contributed by atoms with Crippen molar-refractivity contribution in [2.75, 3.05) is 5.32 Å². The molecule has 2 rings (SSSR count). The highest BCUT2D eigenvalue weighted by molar-refractivity contribution is 5.44. The maximum atomic E-state index is 5.07. The molecule has 3 heteroatoms. The van der Waals surface area contributed by atoms with Crippen LogP contribution in [0.2, 0.25) is 0 Å². The number of anilines is 1. The summed E-state index contributed by atoms with van der Waals surface area (Å²) in [5, 5.41) is 7.19. The van der Waals surface area contributed by atoms with Crippen molar-refractivity contribution < 1.29 is 4.52 Å². The average Bonchev–Trinajstić information content (AvgIpc) is 2.91. The Morgan fingerprint density at radius 2 is 1.43 bits per heavy atom. The molecule has 0 fully saturated rings. The molecule has 120 valence electrons. The number of aromatic nitrogens is 1. The molecular formula is C18H32N2O. The second-order valence-corrected chi connectivity index (χ2v) is 3.55. The molecular weight excluding hydrogens is 260 g/mol. The molecule has 21 heavy (non-hydrogen) atoms. The molecule has 1 N–H and O–H groups in total. The molecule has 0 saturated carbocycles. The van der Waals surface area contributed by atoms with E-state index in [2.05, 4.69) is 22.6 Å². The zero-order valence-corrected chi connectivity index (χ0v) is 14.9. The molecule has 0 bridgehead atoms. The molecule has 3 nitrogen and oxygen atoms in total. The van der Waals surface area contributed by atoms with Gasteiger partial charge in [-0.1, -0.05) is 77.0 Å². The third-order valence-electron chi connectivity index (χ3n) is 2.46. The summed E-state index contributed by atoms with van der Waals surface area (Å²) in [6.45, 7) is 16.7. The summed E-state index contributed by atoms with van der Waals surface area (Å²) in [5.74, 6) is 1.70. The van der Waals surface area contributed by atoms with Crippen LogP contribution in [0.4, 0.5) is 5.82 Å².